The predicted molar refractivity (Wildman–Crippen MR) is 109 cm³/mol. The number of fused-ring (bicyclic) bond motifs is 2. The first kappa shape index (κ1) is 21.7. The number of carbonyl (C=O) groups excluding carboxylic acids is 6. The van der Waals surface area contributed by atoms with Crippen LogP contribution in [0.4, 0.5) is 9.59 Å². The molecule has 34 heavy (non-hydrogen) atoms. The Bertz CT molecular complexity index is 1210. The SMILES string of the molecule is COc1c2c(cc3c1OCO3)C[C@@H]([C@@H]1C(=O)NC(=O)N(C)C1=O)[C@]1(C2)C(=O)NC(=O)N(C)C1=O. The van der Waals surface area contributed by atoms with Crippen LogP contribution in [0.15, 0.2) is 6.07 Å². The number of amides is 8. The van der Waals surface area contributed by atoms with Gasteiger partial charge >= 0.3 is 12.1 Å². The second-order valence-corrected chi connectivity index (χ2v) is 8.53. The highest BCUT2D eigenvalue weighted by Crippen LogP contribution is 2.54. The Balaban J connectivity index is 1.73. The summed E-state index contributed by atoms with van der Waals surface area (Å²) in [7, 11) is 3.79. The van der Waals surface area contributed by atoms with Crippen LogP contribution in [0.1, 0.15) is 11.1 Å². The second-order valence-electron chi connectivity index (χ2n) is 8.53. The molecule has 1 aliphatic carbocycles. The van der Waals surface area contributed by atoms with Gasteiger partial charge in [-0.15, -0.1) is 0 Å². The molecule has 13 heteroatoms. The van der Waals surface area contributed by atoms with Crippen LogP contribution in [0, 0.1) is 17.3 Å². The maximum atomic E-state index is 13.6. The van der Waals surface area contributed by atoms with E-state index in [0.717, 1.165) is 9.80 Å². The summed E-state index contributed by atoms with van der Waals surface area (Å²) in [6, 6.07) is -0.178. The molecular weight excluding hydrogens is 452 g/mol. The standard InChI is InChI=1S/C21H20N4O9/c1-24-16(27)12(15(26)22-19(24)30)10-4-8-5-11-14(34-7-33-11)13(32-3)9(8)6-21(10)17(28)23-20(31)25(2)18(21)29/h5,10,12H,4,6-7H2,1-3H3,(H,22,26,30)(H,23,28,31)/t10-,12+,21+/m0/s1. The van der Waals surface area contributed by atoms with Crippen LogP contribution < -0.4 is 24.8 Å². The Hall–Kier alpha value is -4.16. The van der Waals surface area contributed by atoms with Crippen molar-refractivity contribution in [2.75, 3.05) is 28.0 Å². The van der Waals surface area contributed by atoms with E-state index < -0.39 is 52.9 Å². The second kappa shape index (κ2) is 7.17. The zero-order valence-electron chi connectivity index (χ0n) is 18.4. The van der Waals surface area contributed by atoms with Crippen molar-refractivity contribution in [2.45, 2.75) is 12.8 Å². The van der Waals surface area contributed by atoms with Gasteiger partial charge in [-0.25, -0.2) is 9.59 Å². The van der Waals surface area contributed by atoms with E-state index >= 15 is 0 Å². The van der Waals surface area contributed by atoms with Gasteiger partial charge in [0, 0.05) is 32.0 Å². The lowest BCUT2D eigenvalue weighted by molar-refractivity contribution is -0.161. The van der Waals surface area contributed by atoms with Crippen LogP contribution >= 0.6 is 0 Å². The van der Waals surface area contributed by atoms with Gasteiger partial charge in [0.25, 0.3) is 0 Å². The fraction of sp³-hybridized carbons (Fsp3) is 0.429. The monoisotopic (exact) mass is 472 g/mol. The third-order valence-electron chi connectivity index (χ3n) is 6.98. The molecule has 0 saturated carbocycles. The molecule has 3 atom stereocenters. The van der Waals surface area contributed by atoms with Gasteiger partial charge in [-0.2, -0.15) is 0 Å². The van der Waals surface area contributed by atoms with E-state index in [1.54, 1.807) is 6.07 Å². The number of hydrogen-bond donors (Lipinski definition) is 2. The zero-order valence-corrected chi connectivity index (χ0v) is 18.4. The number of carbonyl (C=O) groups is 6. The van der Waals surface area contributed by atoms with Gasteiger partial charge < -0.3 is 14.2 Å². The molecule has 2 saturated heterocycles. The lowest BCUT2D eigenvalue weighted by atomic mass is 9.57. The highest BCUT2D eigenvalue weighted by Gasteiger charge is 2.64. The Morgan fingerprint density at radius 3 is 2.44 bits per heavy atom. The fourth-order valence-electron chi connectivity index (χ4n) is 5.22. The summed E-state index contributed by atoms with van der Waals surface area (Å²) in [6.07, 6.45) is -0.362. The van der Waals surface area contributed by atoms with E-state index in [0.29, 0.717) is 22.6 Å². The van der Waals surface area contributed by atoms with E-state index in [9.17, 15) is 28.8 Å². The smallest absolute Gasteiger partial charge is 0.330 e. The molecule has 0 aromatic heterocycles. The number of ether oxygens (including phenoxy) is 3. The molecule has 13 nitrogen and oxygen atoms in total. The molecule has 8 amide bonds. The minimum absolute atomic E-state index is 0.0593. The van der Waals surface area contributed by atoms with Gasteiger partial charge in [0.05, 0.1) is 7.11 Å². The van der Waals surface area contributed by atoms with E-state index in [1.807, 2.05) is 0 Å². The van der Waals surface area contributed by atoms with Gasteiger partial charge in [-0.1, -0.05) is 0 Å². The quantitative estimate of drug-likeness (QED) is 0.523. The number of rotatable bonds is 2. The summed E-state index contributed by atoms with van der Waals surface area (Å²) in [4.78, 5) is 78.6. The Labute approximate surface area is 192 Å². The van der Waals surface area contributed by atoms with E-state index in [2.05, 4.69) is 10.6 Å². The van der Waals surface area contributed by atoms with Crippen molar-refractivity contribution < 1.29 is 43.0 Å². The highest BCUT2D eigenvalue weighted by atomic mass is 16.7. The van der Waals surface area contributed by atoms with Gasteiger partial charge in [0.1, 0.15) is 11.3 Å². The summed E-state index contributed by atoms with van der Waals surface area (Å²) in [5.41, 5.74) is -0.963. The lowest BCUT2D eigenvalue weighted by Gasteiger charge is -2.48. The molecule has 2 fully saturated rings. The van der Waals surface area contributed by atoms with Gasteiger partial charge in [0.2, 0.25) is 36.2 Å². The van der Waals surface area contributed by atoms with Gasteiger partial charge in [-0.3, -0.25) is 39.6 Å². The first-order valence-corrected chi connectivity index (χ1v) is 10.4. The van der Waals surface area contributed by atoms with Crippen molar-refractivity contribution in [1.82, 2.24) is 20.4 Å². The largest absolute Gasteiger partial charge is 0.492 e. The number of hydrogen-bond acceptors (Lipinski definition) is 9. The Morgan fingerprint density at radius 2 is 1.74 bits per heavy atom. The van der Waals surface area contributed by atoms with Crippen LogP contribution in [-0.4, -0.2) is 73.5 Å². The van der Waals surface area contributed by atoms with Gasteiger partial charge in [0.15, 0.2) is 11.5 Å². The third kappa shape index (κ3) is 2.66. The molecule has 0 unspecified atom stereocenters. The molecule has 5 rings (SSSR count). The lowest BCUT2D eigenvalue weighted by Crippen LogP contribution is -2.70. The van der Waals surface area contributed by atoms with Gasteiger partial charge in [-0.05, 0) is 18.1 Å². The first-order valence-electron chi connectivity index (χ1n) is 10.4. The molecule has 4 aliphatic rings. The van der Waals surface area contributed by atoms with Crippen LogP contribution in [0.25, 0.3) is 0 Å². The molecule has 1 spiro atoms. The number of nitrogens with one attached hydrogen (secondary N) is 2. The summed E-state index contributed by atoms with van der Waals surface area (Å²) in [5, 5.41) is 4.27. The molecule has 1 aromatic carbocycles. The highest BCUT2D eigenvalue weighted by molar-refractivity contribution is 6.21. The van der Waals surface area contributed by atoms with Crippen molar-refractivity contribution in [2.24, 2.45) is 17.3 Å². The Kier molecular flexibility index (Phi) is 4.57. The normalized spacial score (nSPS) is 28.2. The molecule has 2 N–H and O–H groups in total. The molecule has 0 bridgehead atoms. The number of urea groups is 2. The minimum Gasteiger partial charge on any atom is -0.492 e. The molecule has 178 valence electrons. The van der Waals surface area contributed by atoms with Crippen LogP contribution in [-0.2, 0) is 32.0 Å². The summed E-state index contributed by atoms with van der Waals surface area (Å²) >= 11 is 0. The fourth-order valence-corrected chi connectivity index (χ4v) is 5.22. The third-order valence-corrected chi connectivity index (χ3v) is 6.98. The maximum absolute atomic E-state index is 13.6. The summed E-state index contributed by atoms with van der Waals surface area (Å²) < 4.78 is 16.5. The van der Waals surface area contributed by atoms with Crippen LogP contribution in [0.3, 0.4) is 0 Å². The molecule has 1 aromatic rings. The summed E-state index contributed by atoms with van der Waals surface area (Å²) in [6.45, 7) is -0.0593. The van der Waals surface area contributed by atoms with E-state index in [4.69, 9.17) is 14.2 Å². The molecular formula is C21H20N4O9. The van der Waals surface area contributed by atoms with Crippen molar-refractivity contribution in [1.29, 1.82) is 0 Å². The van der Waals surface area contributed by atoms with E-state index in [-0.39, 0.29) is 25.4 Å². The van der Waals surface area contributed by atoms with Crippen LogP contribution in [0.2, 0.25) is 0 Å². The van der Waals surface area contributed by atoms with Crippen molar-refractivity contribution >= 4 is 35.7 Å². The number of methoxy groups -OCH3 is 1. The first-order chi connectivity index (χ1) is 16.1. The van der Waals surface area contributed by atoms with Crippen molar-refractivity contribution in [3.63, 3.8) is 0 Å². The number of imide groups is 4. The number of benzene rings is 1. The van der Waals surface area contributed by atoms with Crippen LogP contribution in [0.5, 0.6) is 17.2 Å². The van der Waals surface area contributed by atoms with Crippen molar-refractivity contribution in [3.05, 3.63) is 17.2 Å². The topological polar surface area (TPSA) is 161 Å². The zero-order chi connectivity index (χ0) is 24.5. The Morgan fingerprint density at radius 1 is 1.03 bits per heavy atom. The molecule has 3 heterocycles. The number of nitrogens with zero attached hydrogens (tertiary/aromatic N) is 2. The average molecular weight is 472 g/mol. The number of barbiturate groups is 2. The van der Waals surface area contributed by atoms with Crippen molar-refractivity contribution in [3.8, 4) is 17.2 Å². The average Bonchev–Trinajstić information content (AvgIpc) is 3.26. The predicted octanol–water partition coefficient (Wildman–Crippen LogP) is -0.842. The molecule has 0 radical (unpaired) electrons. The van der Waals surface area contributed by atoms with E-state index in [1.165, 1.54) is 21.2 Å². The minimum atomic E-state index is -2.00. The molecule has 3 aliphatic heterocycles. The summed E-state index contributed by atoms with van der Waals surface area (Å²) in [5.74, 6) is -5.38. The maximum Gasteiger partial charge on any atom is 0.330 e.